The smallest absolute Gasteiger partial charge is 0.224 e. The minimum Gasteiger partial charge on any atom is -0.393 e. The maximum Gasteiger partial charge on any atom is 0.224 e. The van der Waals surface area contributed by atoms with E-state index in [9.17, 15) is 30.6 Å². The molecule has 0 radical (unpaired) electrons. The van der Waals surface area contributed by atoms with Gasteiger partial charge in [-0.15, -0.1) is 0 Å². The lowest BCUT2D eigenvalue weighted by atomic mass is 9.95. The van der Waals surface area contributed by atoms with Crippen molar-refractivity contribution in [3.8, 4) is 0 Å². The molecule has 0 bridgehead atoms. The van der Waals surface area contributed by atoms with Crippen molar-refractivity contribution in [2.75, 3.05) is 13.2 Å². The highest BCUT2D eigenvalue weighted by Crippen LogP contribution is 2.26. The third kappa shape index (κ3) is 2.19. The van der Waals surface area contributed by atoms with E-state index < -0.39 is 49.5 Å². The van der Waals surface area contributed by atoms with Gasteiger partial charge in [0, 0.05) is 0 Å². The first-order valence-corrected chi connectivity index (χ1v) is 4.72. The fourth-order valence-electron chi connectivity index (χ4n) is 1.49. The summed E-state index contributed by atoms with van der Waals surface area (Å²) in [7, 11) is 0. The number of aliphatic hydroxyl groups excluding tert-OH is 6. The molecule has 7 N–H and O–H groups in total. The van der Waals surface area contributed by atoms with Crippen LogP contribution >= 0.6 is 0 Å². The number of aliphatic hydroxyl groups is 7. The van der Waals surface area contributed by atoms with E-state index in [1.54, 1.807) is 0 Å². The van der Waals surface area contributed by atoms with Crippen molar-refractivity contribution in [2.24, 2.45) is 0 Å². The molecule has 0 aromatic rings. The van der Waals surface area contributed by atoms with Gasteiger partial charge in [0.2, 0.25) is 5.79 Å². The Kier molecular flexibility index (Phi) is 4.21. The predicted molar refractivity (Wildman–Crippen MR) is 48.0 cm³/mol. The summed E-state index contributed by atoms with van der Waals surface area (Å²) in [5.41, 5.74) is 0. The highest BCUT2D eigenvalue weighted by molar-refractivity contribution is 4.96. The summed E-state index contributed by atoms with van der Waals surface area (Å²) in [4.78, 5) is 0. The molecule has 0 spiro atoms. The second-order valence-electron chi connectivity index (χ2n) is 3.75. The Labute approximate surface area is 91.0 Å². The molecule has 1 fully saturated rings. The SMILES string of the molecule is OC[C@H](O)C1(O)OC[C@H](O)[C@@H](O)[C@@H](O)[C@@H]1O. The fraction of sp³-hybridized carbons (Fsp3) is 1.00. The quantitative estimate of drug-likeness (QED) is 0.255. The van der Waals surface area contributed by atoms with Crippen LogP contribution in [0.4, 0.5) is 0 Å². The Bertz CT molecular complexity index is 236. The standard InChI is InChI=1S/C8H16O8/c9-1-4(11)8(15)7(14)6(13)5(12)3(10)2-16-8/h3-7,9-15H,1-2H2/t3-,4-,5+,6+,7-,8?/m0/s1. The lowest BCUT2D eigenvalue weighted by Gasteiger charge is -2.35. The van der Waals surface area contributed by atoms with E-state index in [2.05, 4.69) is 4.74 Å². The van der Waals surface area contributed by atoms with Crippen molar-refractivity contribution in [2.45, 2.75) is 36.3 Å². The van der Waals surface area contributed by atoms with Gasteiger partial charge in [-0.2, -0.15) is 0 Å². The third-order valence-corrected chi connectivity index (χ3v) is 2.63. The van der Waals surface area contributed by atoms with Gasteiger partial charge < -0.3 is 40.5 Å². The first-order chi connectivity index (χ1) is 7.34. The van der Waals surface area contributed by atoms with Crippen LogP contribution in [0.1, 0.15) is 0 Å². The van der Waals surface area contributed by atoms with Gasteiger partial charge in [0.15, 0.2) is 0 Å². The zero-order valence-electron chi connectivity index (χ0n) is 8.34. The zero-order chi connectivity index (χ0) is 12.5. The van der Waals surface area contributed by atoms with Gasteiger partial charge in [-0.25, -0.2) is 0 Å². The molecule has 0 saturated carbocycles. The molecule has 1 rings (SSSR count). The molecule has 96 valence electrons. The fourth-order valence-corrected chi connectivity index (χ4v) is 1.49. The largest absolute Gasteiger partial charge is 0.393 e. The molecule has 1 saturated heterocycles. The molecule has 0 aromatic carbocycles. The van der Waals surface area contributed by atoms with Crippen LogP contribution in [-0.4, -0.2) is 85.3 Å². The molecule has 16 heavy (non-hydrogen) atoms. The van der Waals surface area contributed by atoms with Crippen LogP contribution in [0.5, 0.6) is 0 Å². The molecule has 0 aliphatic carbocycles. The minimum atomic E-state index is -2.65. The lowest BCUT2D eigenvalue weighted by Crippen LogP contribution is -2.60. The van der Waals surface area contributed by atoms with E-state index in [0.717, 1.165) is 0 Å². The highest BCUT2D eigenvalue weighted by atomic mass is 16.7. The average Bonchev–Trinajstić information content (AvgIpc) is 2.36. The van der Waals surface area contributed by atoms with E-state index in [1.165, 1.54) is 0 Å². The van der Waals surface area contributed by atoms with Crippen molar-refractivity contribution in [3.63, 3.8) is 0 Å². The van der Waals surface area contributed by atoms with Gasteiger partial charge in [-0.1, -0.05) is 0 Å². The molecular formula is C8H16O8. The summed E-state index contributed by atoms with van der Waals surface area (Å²) in [6, 6.07) is 0. The first kappa shape index (κ1) is 13.7. The summed E-state index contributed by atoms with van der Waals surface area (Å²) >= 11 is 0. The van der Waals surface area contributed by atoms with Gasteiger partial charge >= 0.3 is 0 Å². The summed E-state index contributed by atoms with van der Waals surface area (Å²) in [5.74, 6) is -2.65. The van der Waals surface area contributed by atoms with Crippen molar-refractivity contribution in [1.82, 2.24) is 0 Å². The molecule has 8 heteroatoms. The van der Waals surface area contributed by atoms with Crippen molar-refractivity contribution < 1.29 is 40.5 Å². The van der Waals surface area contributed by atoms with E-state index >= 15 is 0 Å². The summed E-state index contributed by atoms with van der Waals surface area (Å²) in [6.07, 6.45) is -9.11. The Morgan fingerprint density at radius 3 is 2.25 bits per heavy atom. The monoisotopic (exact) mass is 240 g/mol. The molecular weight excluding hydrogens is 224 g/mol. The molecule has 1 aliphatic rings. The van der Waals surface area contributed by atoms with Gasteiger partial charge in [-0.05, 0) is 0 Å². The van der Waals surface area contributed by atoms with Gasteiger partial charge in [0.25, 0.3) is 0 Å². The number of hydrogen-bond acceptors (Lipinski definition) is 8. The normalized spacial score (nSPS) is 47.4. The van der Waals surface area contributed by atoms with E-state index in [-0.39, 0.29) is 0 Å². The third-order valence-electron chi connectivity index (χ3n) is 2.63. The van der Waals surface area contributed by atoms with Crippen molar-refractivity contribution in [1.29, 1.82) is 0 Å². The first-order valence-electron chi connectivity index (χ1n) is 4.72. The summed E-state index contributed by atoms with van der Waals surface area (Å²) in [5, 5.41) is 65.1. The second-order valence-corrected chi connectivity index (χ2v) is 3.75. The maximum absolute atomic E-state index is 9.73. The van der Waals surface area contributed by atoms with E-state index in [1.807, 2.05) is 0 Å². The van der Waals surface area contributed by atoms with Gasteiger partial charge in [0.05, 0.1) is 13.2 Å². The summed E-state index contributed by atoms with van der Waals surface area (Å²) in [6.45, 7) is -1.53. The predicted octanol–water partition coefficient (Wildman–Crippen LogP) is -4.50. The van der Waals surface area contributed by atoms with Gasteiger partial charge in [-0.3, -0.25) is 0 Å². The number of ether oxygens (including phenoxy) is 1. The second kappa shape index (κ2) is 4.90. The Morgan fingerprint density at radius 2 is 1.75 bits per heavy atom. The number of hydrogen-bond donors (Lipinski definition) is 7. The van der Waals surface area contributed by atoms with Gasteiger partial charge in [0.1, 0.15) is 30.5 Å². The van der Waals surface area contributed by atoms with Crippen molar-refractivity contribution >= 4 is 0 Å². The van der Waals surface area contributed by atoms with Crippen LogP contribution in [0.25, 0.3) is 0 Å². The van der Waals surface area contributed by atoms with Crippen LogP contribution in [0, 0.1) is 0 Å². The molecule has 1 unspecified atom stereocenters. The number of rotatable bonds is 2. The van der Waals surface area contributed by atoms with Crippen LogP contribution in [-0.2, 0) is 4.74 Å². The molecule has 6 atom stereocenters. The maximum atomic E-state index is 9.73. The van der Waals surface area contributed by atoms with Crippen LogP contribution in [0.3, 0.4) is 0 Å². The van der Waals surface area contributed by atoms with Crippen LogP contribution in [0.15, 0.2) is 0 Å². The zero-order valence-corrected chi connectivity index (χ0v) is 8.34. The molecule has 1 aliphatic heterocycles. The van der Waals surface area contributed by atoms with Crippen LogP contribution < -0.4 is 0 Å². The topological polar surface area (TPSA) is 151 Å². The van der Waals surface area contributed by atoms with E-state index in [4.69, 9.17) is 5.11 Å². The average molecular weight is 240 g/mol. The Balaban J connectivity index is 2.95. The molecule has 1 heterocycles. The van der Waals surface area contributed by atoms with Crippen LogP contribution in [0.2, 0.25) is 0 Å². The Morgan fingerprint density at radius 1 is 1.19 bits per heavy atom. The molecule has 0 aromatic heterocycles. The van der Waals surface area contributed by atoms with E-state index in [0.29, 0.717) is 0 Å². The minimum absolute atomic E-state index is 0.608. The Hall–Kier alpha value is -0.320. The summed E-state index contributed by atoms with van der Waals surface area (Å²) < 4.78 is 4.63. The highest BCUT2D eigenvalue weighted by Gasteiger charge is 2.52. The van der Waals surface area contributed by atoms with Crippen molar-refractivity contribution in [3.05, 3.63) is 0 Å². The lowest BCUT2D eigenvalue weighted by molar-refractivity contribution is -0.313. The molecule has 8 nitrogen and oxygen atoms in total. The molecule has 0 amide bonds.